The van der Waals surface area contributed by atoms with Crippen LogP contribution in [0.25, 0.3) is 22.0 Å². The summed E-state index contributed by atoms with van der Waals surface area (Å²) >= 11 is 6.17. The van der Waals surface area contributed by atoms with Crippen LogP contribution in [-0.4, -0.2) is 14.1 Å². The first-order chi connectivity index (χ1) is 16.8. The number of rotatable bonds is 4. The van der Waals surface area contributed by atoms with Gasteiger partial charge in [0.25, 0.3) is 5.56 Å². The summed E-state index contributed by atoms with van der Waals surface area (Å²) in [5, 5.41) is 10.9. The zero-order valence-electron chi connectivity index (χ0n) is 19.2. The third-order valence-electron chi connectivity index (χ3n) is 6.52. The van der Waals surface area contributed by atoms with Gasteiger partial charge in [-0.3, -0.25) is 4.79 Å². The summed E-state index contributed by atoms with van der Waals surface area (Å²) in [6, 6.07) is 24.4. The average Bonchev–Trinajstić information content (AvgIpc) is 3.32. The minimum atomic E-state index is -1.04. The van der Waals surface area contributed by atoms with E-state index in [1.54, 1.807) is 42.3 Å². The van der Waals surface area contributed by atoms with E-state index in [0.717, 1.165) is 38.9 Å². The third kappa shape index (κ3) is 3.71. The van der Waals surface area contributed by atoms with Crippen molar-refractivity contribution in [3.8, 4) is 17.2 Å². The lowest BCUT2D eigenvalue weighted by atomic mass is 9.80. The third-order valence-corrected chi connectivity index (χ3v) is 6.78. The van der Waals surface area contributed by atoms with Gasteiger partial charge in [0, 0.05) is 30.6 Å². The number of aromatic nitrogens is 3. The maximum Gasteiger partial charge on any atom is 0.251 e. The number of nitrogens with two attached hydrogens (primary N) is 1. The van der Waals surface area contributed by atoms with Crippen molar-refractivity contribution in [2.45, 2.75) is 5.54 Å². The Hall–Kier alpha value is -4.18. The molecule has 2 heterocycles. The molecule has 1 atom stereocenters. The number of nitriles is 1. The predicted molar refractivity (Wildman–Crippen MR) is 138 cm³/mol. The Morgan fingerprint density at radius 3 is 2.43 bits per heavy atom. The van der Waals surface area contributed by atoms with E-state index < -0.39 is 5.54 Å². The van der Waals surface area contributed by atoms with Crippen molar-refractivity contribution in [1.82, 2.24) is 14.1 Å². The Labute approximate surface area is 207 Å². The minimum absolute atomic E-state index is 0.133. The first-order valence-electron chi connectivity index (χ1n) is 11.0. The van der Waals surface area contributed by atoms with Gasteiger partial charge in [-0.2, -0.15) is 5.26 Å². The van der Waals surface area contributed by atoms with Gasteiger partial charge in [0.05, 0.1) is 35.4 Å². The van der Waals surface area contributed by atoms with Gasteiger partial charge in [-0.05, 0) is 58.7 Å². The summed E-state index contributed by atoms with van der Waals surface area (Å²) in [4.78, 5) is 17.1. The molecule has 0 fully saturated rings. The zero-order valence-corrected chi connectivity index (χ0v) is 20.0. The summed E-state index contributed by atoms with van der Waals surface area (Å²) < 4.78 is 3.51. The van der Waals surface area contributed by atoms with E-state index in [4.69, 9.17) is 17.3 Å². The van der Waals surface area contributed by atoms with Crippen molar-refractivity contribution in [2.75, 3.05) is 0 Å². The summed E-state index contributed by atoms with van der Waals surface area (Å²) in [6.07, 6.45) is 3.48. The Morgan fingerprint density at radius 1 is 1.00 bits per heavy atom. The quantitative estimate of drug-likeness (QED) is 0.404. The monoisotopic (exact) mass is 479 g/mol. The fourth-order valence-electron chi connectivity index (χ4n) is 4.61. The lowest BCUT2D eigenvalue weighted by Gasteiger charge is -2.31. The molecule has 0 saturated heterocycles. The average molecular weight is 480 g/mol. The predicted octanol–water partition coefficient (Wildman–Crippen LogP) is 4.71. The molecular weight excluding hydrogens is 458 g/mol. The normalized spacial score (nSPS) is 12.9. The van der Waals surface area contributed by atoms with Gasteiger partial charge in [0.15, 0.2) is 0 Å². The number of fused-ring (bicyclic) bond motifs is 1. The van der Waals surface area contributed by atoms with Crippen LogP contribution in [0.2, 0.25) is 5.02 Å². The molecule has 2 aromatic heterocycles. The van der Waals surface area contributed by atoms with E-state index in [2.05, 4.69) is 11.1 Å². The second-order valence-corrected chi connectivity index (χ2v) is 9.02. The topological polar surface area (TPSA) is 89.6 Å². The van der Waals surface area contributed by atoms with E-state index >= 15 is 0 Å². The van der Waals surface area contributed by atoms with Crippen LogP contribution in [-0.2, 0) is 19.6 Å². The van der Waals surface area contributed by atoms with Crippen molar-refractivity contribution < 1.29 is 0 Å². The van der Waals surface area contributed by atoms with Crippen LogP contribution >= 0.6 is 11.6 Å². The van der Waals surface area contributed by atoms with Crippen molar-refractivity contribution in [1.29, 1.82) is 5.26 Å². The lowest BCUT2D eigenvalue weighted by Crippen LogP contribution is -2.41. The van der Waals surface area contributed by atoms with Crippen molar-refractivity contribution in [3.05, 3.63) is 123 Å². The van der Waals surface area contributed by atoms with Crippen LogP contribution in [0.1, 0.15) is 22.4 Å². The molecule has 0 aliphatic heterocycles. The number of nitrogens with zero attached hydrogens (tertiary/aromatic N) is 4. The van der Waals surface area contributed by atoms with Gasteiger partial charge in [-0.25, -0.2) is 4.98 Å². The second-order valence-electron chi connectivity index (χ2n) is 8.58. The summed E-state index contributed by atoms with van der Waals surface area (Å²) in [7, 11) is 3.65. The molecule has 3 aromatic carbocycles. The Kier molecular flexibility index (Phi) is 5.52. The molecule has 0 spiro atoms. The van der Waals surface area contributed by atoms with Gasteiger partial charge in [-0.15, -0.1) is 0 Å². The molecule has 0 radical (unpaired) electrons. The molecule has 5 rings (SSSR count). The molecule has 2 N–H and O–H groups in total. The minimum Gasteiger partial charge on any atom is -0.336 e. The number of pyridine rings is 1. The highest BCUT2D eigenvalue weighted by molar-refractivity contribution is 6.30. The highest BCUT2D eigenvalue weighted by Gasteiger charge is 2.35. The number of benzene rings is 3. The smallest absolute Gasteiger partial charge is 0.251 e. The molecule has 6 nitrogen and oxygen atoms in total. The van der Waals surface area contributed by atoms with Gasteiger partial charge >= 0.3 is 0 Å². The second kappa shape index (κ2) is 8.55. The highest BCUT2D eigenvalue weighted by Crippen LogP contribution is 2.37. The molecule has 0 aliphatic rings. The molecule has 0 aliphatic carbocycles. The van der Waals surface area contributed by atoms with Crippen LogP contribution in [0.3, 0.4) is 0 Å². The Bertz CT molecular complexity index is 1680. The number of aryl methyl sites for hydroxylation is 2. The largest absolute Gasteiger partial charge is 0.336 e. The summed E-state index contributed by atoms with van der Waals surface area (Å²) in [5.41, 5.74) is 11.4. The van der Waals surface area contributed by atoms with Gasteiger partial charge < -0.3 is 14.9 Å². The molecule has 0 unspecified atom stereocenters. The Balaban J connectivity index is 1.84. The summed E-state index contributed by atoms with van der Waals surface area (Å²) in [5.74, 6) is 0. The van der Waals surface area contributed by atoms with Gasteiger partial charge in [0.2, 0.25) is 0 Å². The van der Waals surface area contributed by atoms with E-state index in [1.807, 2.05) is 66.2 Å². The fraction of sp³-hybridized carbons (Fsp3) is 0.107. The Morgan fingerprint density at radius 2 is 1.74 bits per heavy atom. The molecular formula is C28H22ClN5O. The molecule has 7 heteroatoms. The highest BCUT2D eigenvalue weighted by atomic mass is 35.5. The van der Waals surface area contributed by atoms with E-state index in [0.29, 0.717) is 10.6 Å². The number of halogens is 1. The fourth-order valence-corrected chi connectivity index (χ4v) is 4.74. The van der Waals surface area contributed by atoms with Crippen LogP contribution in [0, 0.1) is 11.3 Å². The van der Waals surface area contributed by atoms with Gasteiger partial charge in [-0.1, -0.05) is 41.9 Å². The van der Waals surface area contributed by atoms with E-state index in [1.165, 1.54) is 0 Å². The molecule has 0 saturated carbocycles. The maximum absolute atomic E-state index is 12.8. The first kappa shape index (κ1) is 22.6. The molecule has 0 bridgehead atoms. The number of hydrogen-bond acceptors (Lipinski definition) is 4. The summed E-state index contributed by atoms with van der Waals surface area (Å²) in [6.45, 7) is 0. The maximum atomic E-state index is 12.8. The zero-order chi connectivity index (χ0) is 24.7. The van der Waals surface area contributed by atoms with E-state index in [9.17, 15) is 10.1 Å². The SMILES string of the molecule is Cn1cncc1[C@@](N)(c1ccc(Cl)cc1)c1ccc2c(c1)c(-c1cccc(C#N)c1)cc(=O)n2C. The van der Waals surface area contributed by atoms with Crippen LogP contribution in [0.15, 0.2) is 90.1 Å². The first-order valence-corrected chi connectivity index (χ1v) is 11.4. The standard InChI is InChI=1S/C28H22ClN5O/c1-33-17-32-16-26(33)28(31,20-6-9-22(29)10-7-20)21-8-11-25-24(13-21)23(14-27(35)34(25)2)19-5-3-4-18(12-19)15-30/h3-14,16-17H,31H2,1-2H3/t28-/m1/s1. The molecule has 5 aromatic rings. The van der Waals surface area contributed by atoms with Crippen molar-refractivity contribution >= 4 is 22.5 Å². The lowest BCUT2D eigenvalue weighted by molar-refractivity contribution is 0.596. The van der Waals surface area contributed by atoms with Crippen LogP contribution < -0.4 is 11.3 Å². The molecule has 35 heavy (non-hydrogen) atoms. The number of hydrogen-bond donors (Lipinski definition) is 1. The van der Waals surface area contributed by atoms with Gasteiger partial charge in [0.1, 0.15) is 5.54 Å². The number of imidazole rings is 1. The van der Waals surface area contributed by atoms with E-state index in [-0.39, 0.29) is 5.56 Å². The van der Waals surface area contributed by atoms with Crippen LogP contribution in [0.4, 0.5) is 0 Å². The molecule has 0 amide bonds. The van der Waals surface area contributed by atoms with Crippen molar-refractivity contribution in [2.24, 2.45) is 19.8 Å². The molecule has 172 valence electrons. The van der Waals surface area contributed by atoms with Crippen molar-refractivity contribution in [3.63, 3.8) is 0 Å². The van der Waals surface area contributed by atoms with Crippen LogP contribution in [0.5, 0.6) is 0 Å².